The third-order valence-corrected chi connectivity index (χ3v) is 3.99. The molecule has 120 valence electrons. The summed E-state index contributed by atoms with van der Waals surface area (Å²) in [5, 5.41) is 3.57. The van der Waals surface area contributed by atoms with Gasteiger partial charge >= 0.3 is 0 Å². The molecular weight excluding hydrogens is 258 g/mol. The van der Waals surface area contributed by atoms with Gasteiger partial charge in [-0.2, -0.15) is 0 Å². The van der Waals surface area contributed by atoms with Gasteiger partial charge in [-0.25, -0.2) is 4.98 Å². The standard InChI is InChI=1S/C18H33N3/c1-7-15(8-2)14-21(9-3)17-16(11-10-12-19-17)13-20-18(4,5)6/h10-12,15,20H,7-9,13-14H2,1-6H3. The quantitative estimate of drug-likeness (QED) is 0.777. The topological polar surface area (TPSA) is 28.2 Å². The van der Waals surface area contributed by atoms with Gasteiger partial charge in [0.25, 0.3) is 0 Å². The number of anilines is 1. The first-order chi connectivity index (χ1) is 9.91. The first kappa shape index (κ1) is 18.0. The normalized spacial score (nSPS) is 12.0. The number of hydrogen-bond donors (Lipinski definition) is 1. The Morgan fingerprint density at radius 3 is 2.38 bits per heavy atom. The lowest BCUT2D eigenvalue weighted by atomic mass is 10.0. The van der Waals surface area contributed by atoms with Crippen molar-refractivity contribution in [3.63, 3.8) is 0 Å². The molecule has 0 aliphatic rings. The number of pyridine rings is 1. The number of hydrogen-bond acceptors (Lipinski definition) is 3. The summed E-state index contributed by atoms with van der Waals surface area (Å²) >= 11 is 0. The van der Waals surface area contributed by atoms with Crippen molar-refractivity contribution < 1.29 is 0 Å². The Morgan fingerprint density at radius 2 is 1.86 bits per heavy atom. The SMILES string of the molecule is CCC(CC)CN(CC)c1ncccc1CNC(C)(C)C. The van der Waals surface area contributed by atoms with E-state index in [-0.39, 0.29) is 5.54 Å². The highest BCUT2D eigenvalue weighted by atomic mass is 15.2. The van der Waals surface area contributed by atoms with Crippen LogP contribution in [0, 0.1) is 5.92 Å². The second kappa shape index (κ2) is 8.38. The third-order valence-electron chi connectivity index (χ3n) is 3.99. The van der Waals surface area contributed by atoms with Crippen molar-refractivity contribution in [2.75, 3.05) is 18.0 Å². The molecule has 0 fully saturated rings. The van der Waals surface area contributed by atoms with Crippen LogP contribution in [0.15, 0.2) is 18.3 Å². The second-order valence-electron chi connectivity index (χ2n) is 6.81. The molecule has 0 saturated carbocycles. The summed E-state index contributed by atoms with van der Waals surface area (Å²) in [6.07, 6.45) is 4.37. The van der Waals surface area contributed by atoms with E-state index in [2.05, 4.69) is 62.8 Å². The molecule has 1 aromatic rings. The first-order valence-corrected chi connectivity index (χ1v) is 8.35. The average molecular weight is 291 g/mol. The lowest BCUT2D eigenvalue weighted by Crippen LogP contribution is -2.36. The van der Waals surface area contributed by atoms with Crippen LogP contribution < -0.4 is 10.2 Å². The fourth-order valence-electron chi connectivity index (χ4n) is 2.44. The Labute approximate surface area is 131 Å². The van der Waals surface area contributed by atoms with Crippen LogP contribution >= 0.6 is 0 Å². The molecule has 0 atom stereocenters. The lowest BCUT2D eigenvalue weighted by Gasteiger charge is -2.29. The molecule has 0 saturated heterocycles. The Kier molecular flexibility index (Phi) is 7.16. The van der Waals surface area contributed by atoms with Gasteiger partial charge in [-0.3, -0.25) is 0 Å². The minimum Gasteiger partial charge on any atom is -0.356 e. The van der Waals surface area contributed by atoms with E-state index in [1.165, 1.54) is 18.4 Å². The number of aromatic nitrogens is 1. The van der Waals surface area contributed by atoms with Crippen LogP contribution in [-0.2, 0) is 6.54 Å². The summed E-state index contributed by atoms with van der Waals surface area (Å²) in [6, 6.07) is 4.23. The van der Waals surface area contributed by atoms with Gasteiger partial charge in [0.15, 0.2) is 0 Å². The first-order valence-electron chi connectivity index (χ1n) is 8.35. The van der Waals surface area contributed by atoms with Crippen molar-refractivity contribution in [3.05, 3.63) is 23.9 Å². The summed E-state index contributed by atoms with van der Waals surface area (Å²) in [5.74, 6) is 1.89. The van der Waals surface area contributed by atoms with E-state index < -0.39 is 0 Å². The molecule has 1 N–H and O–H groups in total. The molecule has 0 bridgehead atoms. The summed E-state index contributed by atoms with van der Waals surface area (Å²) in [6.45, 7) is 16.4. The van der Waals surface area contributed by atoms with Crippen molar-refractivity contribution in [2.45, 2.75) is 66.5 Å². The minimum absolute atomic E-state index is 0.125. The maximum absolute atomic E-state index is 4.66. The van der Waals surface area contributed by atoms with Crippen molar-refractivity contribution >= 4 is 5.82 Å². The third kappa shape index (κ3) is 6.04. The molecule has 3 heteroatoms. The van der Waals surface area contributed by atoms with E-state index in [0.29, 0.717) is 0 Å². The molecule has 0 unspecified atom stereocenters. The van der Waals surface area contributed by atoms with Gasteiger partial charge < -0.3 is 10.2 Å². The Balaban J connectivity index is 2.88. The molecule has 0 aliphatic heterocycles. The Bertz CT molecular complexity index is 405. The number of rotatable bonds is 8. The monoisotopic (exact) mass is 291 g/mol. The van der Waals surface area contributed by atoms with Crippen LogP contribution in [0.1, 0.15) is 59.9 Å². The highest BCUT2D eigenvalue weighted by Crippen LogP contribution is 2.21. The summed E-state index contributed by atoms with van der Waals surface area (Å²) in [4.78, 5) is 7.09. The largest absolute Gasteiger partial charge is 0.356 e. The van der Waals surface area contributed by atoms with Gasteiger partial charge in [0.05, 0.1) is 0 Å². The van der Waals surface area contributed by atoms with Crippen LogP contribution in [0.4, 0.5) is 5.82 Å². The molecule has 0 spiro atoms. The van der Waals surface area contributed by atoms with E-state index in [9.17, 15) is 0 Å². The number of nitrogens with one attached hydrogen (secondary N) is 1. The molecule has 0 radical (unpaired) electrons. The van der Waals surface area contributed by atoms with Gasteiger partial charge in [0.2, 0.25) is 0 Å². The van der Waals surface area contributed by atoms with Crippen LogP contribution in [0.3, 0.4) is 0 Å². The molecule has 1 rings (SSSR count). The fourth-order valence-corrected chi connectivity index (χ4v) is 2.44. The zero-order valence-electron chi connectivity index (χ0n) is 14.7. The Morgan fingerprint density at radius 1 is 1.19 bits per heavy atom. The van der Waals surface area contributed by atoms with Gasteiger partial charge in [-0.1, -0.05) is 32.8 Å². The van der Waals surface area contributed by atoms with Gasteiger partial charge in [-0.15, -0.1) is 0 Å². The summed E-state index contributed by atoms with van der Waals surface area (Å²) < 4.78 is 0. The van der Waals surface area contributed by atoms with Crippen LogP contribution in [0.5, 0.6) is 0 Å². The predicted octanol–water partition coefficient (Wildman–Crippen LogP) is 4.23. The minimum atomic E-state index is 0.125. The second-order valence-corrected chi connectivity index (χ2v) is 6.81. The van der Waals surface area contributed by atoms with Crippen LogP contribution in [0.2, 0.25) is 0 Å². The molecule has 1 heterocycles. The molecule has 0 amide bonds. The molecule has 21 heavy (non-hydrogen) atoms. The van der Waals surface area contributed by atoms with Crippen molar-refractivity contribution in [3.8, 4) is 0 Å². The van der Waals surface area contributed by atoms with E-state index in [1.54, 1.807) is 0 Å². The van der Waals surface area contributed by atoms with Crippen LogP contribution in [-0.4, -0.2) is 23.6 Å². The maximum atomic E-state index is 4.66. The Hall–Kier alpha value is -1.09. The van der Waals surface area contributed by atoms with E-state index in [1.807, 2.05) is 12.3 Å². The summed E-state index contributed by atoms with van der Waals surface area (Å²) in [7, 11) is 0. The fraction of sp³-hybridized carbons (Fsp3) is 0.722. The molecular formula is C18H33N3. The molecule has 0 aromatic carbocycles. The maximum Gasteiger partial charge on any atom is 0.133 e. The average Bonchev–Trinajstić information content (AvgIpc) is 2.46. The van der Waals surface area contributed by atoms with E-state index in [0.717, 1.165) is 31.4 Å². The summed E-state index contributed by atoms with van der Waals surface area (Å²) in [5.41, 5.74) is 1.42. The zero-order chi connectivity index (χ0) is 15.9. The zero-order valence-corrected chi connectivity index (χ0v) is 14.7. The molecule has 3 nitrogen and oxygen atoms in total. The van der Waals surface area contributed by atoms with Gasteiger partial charge in [0, 0.05) is 36.9 Å². The van der Waals surface area contributed by atoms with Crippen molar-refractivity contribution in [2.24, 2.45) is 5.92 Å². The van der Waals surface area contributed by atoms with Crippen molar-refractivity contribution in [1.82, 2.24) is 10.3 Å². The highest BCUT2D eigenvalue weighted by Gasteiger charge is 2.16. The van der Waals surface area contributed by atoms with E-state index >= 15 is 0 Å². The smallest absolute Gasteiger partial charge is 0.133 e. The van der Waals surface area contributed by atoms with Crippen molar-refractivity contribution in [1.29, 1.82) is 0 Å². The number of nitrogens with zero attached hydrogens (tertiary/aromatic N) is 2. The van der Waals surface area contributed by atoms with Gasteiger partial charge in [-0.05, 0) is 39.7 Å². The molecule has 1 aromatic heterocycles. The lowest BCUT2D eigenvalue weighted by molar-refractivity contribution is 0.423. The van der Waals surface area contributed by atoms with Gasteiger partial charge in [0.1, 0.15) is 5.82 Å². The van der Waals surface area contributed by atoms with E-state index in [4.69, 9.17) is 0 Å². The molecule has 0 aliphatic carbocycles. The van der Waals surface area contributed by atoms with Crippen LogP contribution in [0.25, 0.3) is 0 Å². The predicted molar refractivity (Wildman–Crippen MR) is 92.8 cm³/mol. The highest BCUT2D eigenvalue weighted by molar-refractivity contribution is 5.46.